The van der Waals surface area contributed by atoms with Crippen molar-refractivity contribution in [2.75, 3.05) is 26.2 Å². The Bertz CT molecular complexity index is 660. The summed E-state index contributed by atoms with van der Waals surface area (Å²) in [5.41, 5.74) is -0.352. The molecule has 1 aliphatic rings. The predicted octanol–water partition coefficient (Wildman–Crippen LogP) is 3.37. The van der Waals surface area contributed by atoms with Crippen molar-refractivity contribution in [3.05, 3.63) is 33.8 Å². The number of likely N-dealkylation sites (tertiary alicyclic amines) is 1. The van der Waals surface area contributed by atoms with Gasteiger partial charge >= 0.3 is 5.97 Å². The van der Waals surface area contributed by atoms with Gasteiger partial charge in [0.1, 0.15) is 5.78 Å². The van der Waals surface area contributed by atoms with Gasteiger partial charge in [-0.25, -0.2) is 0 Å². The fourth-order valence-corrected chi connectivity index (χ4v) is 3.54. The highest BCUT2D eigenvalue weighted by atomic mass is 35.5. The number of ketones is 1. The number of aliphatic carboxylic acids is 1. The molecule has 0 spiro atoms. The molecular formula is C19H26Cl2N2O3. The average molecular weight is 401 g/mol. The highest BCUT2D eigenvalue weighted by Crippen LogP contribution is 2.33. The van der Waals surface area contributed by atoms with E-state index in [1.165, 1.54) is 0 Å². The van der Waals surface area contributed by atoms with E-state index in [4.69, 9.17) is 23.2 Å². The Labute approximate surface area is 164 Å². The third-order valence-electron chi connectivity index (χ3n) is 5.18. The number of benzene rings is 1. The lowest BCUT2D eigenvalue weighted by Gasteiger charge is -2.35. The van der Waals surface area contributed by atoms with E-state index in [0.29, 0.717) is 41.2 Å². The number of carboxylic acids is 1. The third-order valence-corrected chi connectivity index (χ3v) is 5.92. The molecule has 2 rings (SSSR count). The smallest absolute Gasteiger partial charge is 0.313 e. The van der Waals surface area contributed by atoms with Gasteiger partial charge < -0.3 is 15.3 Å². The van der Waals surface area contributed by atoms with Gasteiger partial charge in [-0.3, -0.25) is 9.59 Å². The van der Waals surface area contributed by atoms with Crippen LogP contribution in [-0.4, -0.2) is 54.0 Å². The van der Waals surface area contributed by atoms with Crippen LogP contribution in [0.2, 0.25) is 10.0 Å². The minimum absolute atomic E-state index is 0.145. The van der Waals surface area contributed by atoms with E-state index < -0.39 is 11.4 Å². The number of nitrogens with one attached hydrogen (secondary N) is 1. The van der Waals surface area contributed by atoms with Crippen molar-refractivity contribution >= 4 is 35.0 Å². The van der Waals surface area contributed by atoms with E-state index in [9.17, 15) is 14.7 Å². The topological polar surface area (TPSA) is 69.6 Å². The molecule has 1 unspecified atom stereocenters. The maximum absolute atomic E-state index is 12.0. The van der Waals surface area contributed by atoms with Gasteiger partial charge in [-0.1, -0.05) is 29.3 Å². The average Bonchev–Trinajstić information content (AvgIpc) is 2.60. The van der Waals surface area contributed by atoms with Crippen molar-refractivity contribution in [2.45, 2.75) is 44.6 Å². The number of halogens is 2. The summed E-state index contributed by atoms with van der Waals surface area (Å²) in [7, 11) is 0. The van der Waals surface area contributed by atoms with Crippen LogP contribution < -0.4 is 5.32 Å². The Kier molecular flexibility index (Phi) is 7.47. The highest BCUT2D eigenvalue weighted by Gasteiger charge is 2.36. The first-order valence-electron chi connectivity index (χ1n) is 8.86. The summed E-state index contributed by atoms with van der Waals surface area (Å²) in [5.74, 6) is -0.722. The SMILES string of the molecule is CC(=O)CNC1CCN(CCC(C)(C(=O)O)c2ccc(Cl)c(Cl)c2)CC1. The van der Waals surface area contributed by atoms with Crippen LogP contribution >= 0.6 is 23.2 Å². The molecule has 1 heterocycles. The minimum Gasteiger partial charge on any atom is -0.481 e. The molecule has 1 aromatic carbocycles. The molecule has 0 aromatic heterocycles. The Balaban J connectivity index is 1.94. The van der Waals surface area contributed by atoms with Crippen LogP contribution in [0.1, 0.15) is 38.7 Å². The first-order chi connectivity index (χ1) is 12.2. The summed E-state index contributed by atoms with van der Waals surface area (Å²) < 4.78 is 0. The van der Waals surface area contributed by atoms with Crippen molar-refractivity contribution in [1.82, 2.24) is 10.2 Å². The number of piperidine rings is 1. The lowest BCUT2D eigenvalue weighted by Crippen LogP contribution is -2.45. The molecule has 0 aliphatic carbocycles. The molecular weight excluding hydrogens is 375 g/mol. The van der Waals surface area contributed by atoms with Gasteiger partial charge in [0.05, 0.1) is 22.0 Å². The van der Waals surface area contributed by atoms with Crippen LogP contribution in [-0.2, 0) is 15.0 Å². The fourth-order valence-electron chi connectivity index (χ4n) is 3.24. The van der Waals surface area contributed by atoms with E-state index in [-0.39, 0.29) is 5.78 Å². The van der Waals surface area contributed by atoms with Crippen LogP contribution in [0.25, 0.3) is 0 Å². The van der Waals surface area contributed by atoms with Gasteiger partial charge in [-0.2, -0.15) is 0 Å². The molecule has 1 aliphatic heterocycles. The maximum Gasteiger partial charge on any atom is 0.313 e. The zero-order valence-electron chi connectivity index (χ0n) is 15.2. The van der Waals surface area contributed by atoms with Crippen molar-refractivity contribution in [1.29, 1.82) is 0 Å². The second kappa shape index (κ2) is 9.18. The molecule has 7 heteroatoms. The Hall–Kier alpha value is -1.14. The molecule has 0 radical (unpaired) electrons. The van der Waals surface area contributed by atoms with Crippen LogP contribution in [0.4, 0.5) is 0 Å². The lowest BCUT2D eigenvalue weighted by molar-refractivity contribution is -0.143. The second-order valence-electron chi connectivity index (χ2n) is 7.21. The minimum atomic E-state index is -1.02. The van der Waals surface area contributed by atoms with Crippen LogP contribution in [0, 0.1) is 0 Å². The third kappa shape index (κ3) is 5.43. The number of Topliss-reactive ketones (excluding diaryl/α,β-unsaturated/α-hetero) is 1. The molecule has 1 aromatic rings. The zero-order valence-corrected chi connectivity index (χ0v) is 16.7. The summed E-state index contributed by atoms with van der Waals surface area (Å²) in [6, 6.07) is 5.39. The van der Waals surface area contributed by atoms with Gasteiger partial charge in [0, 0.05) is 6.04 Å². The molecule has 5 nitrogen and oxygen atoms in total. The number of carbonyl (C=O) groups excluding carboxylic acids is 1. The molecule has 1 atom stereocenters. The first kappa shape index (κ1) is 21.2. The molecule has 0 bridgehead atoms. The van der Waals surface area contributed by atoms with Crippen LogP contribution in [0.3, 0.4) is 0 Å². The highest BCUT2D eigenvalue weighted by molar-refractivity contribution is 6.42. The number of carboxylic acid groups (broad SMARTS) is 1. The fraction of sp³-hybridized carbons (Fsp3) is 0.579. The molecule has 144 valence electrons. The molecule has 26 heavy (non-hydrogen) atoms. The number of hydrogen-bond acceptors (Lipinski definition) is 4. The van der Waals surface area contributed by atoms with E-state index in [1.807, 2.05) is 0 Å². The van der Waals surface area contributed by atoms with Crippen molar-refractivity contribution in [3.63, 3.8) is 0 Å². The van der Waals surface area contributed by atoms with E-state index in [1.54, 1.807) is 32.0 Å². The van der Waals surface area contributed by atoms with Gasteiger partial charge in [-0.15, -0.1) is 0 Å². The summed E-state index contributed by atoms with van der Waals surface area (Å²) in [6.45, 7) is 6.22. The van der Waals surface area contributed by atoms with E-state index in [0.717, 1.165) is 25.9 Å². The van der Waals surface area contributed by atoms with Gasteiger partial charge in [0.15, 0.2) is 0 Å². The van der Waals surface area contributed by atoms with Crippen molar-refractivity contribution in [3.8, 4) is 0 Å². The summed E-state index contributed by atoms with van der Waals surface area (Å²) in [4.78, 5) is 25.3. The van der Waals surface area contributed by atoms with Crippen molar-refractivity contribution < 1.29 is 14.7 Å². The largest absolute Gasteiger partial charge is 0.481 e. The predicted molar refractivity (Wildman–Crippen MR) is 104 cm³/mol. The monoisotopic (exact) mass is 400 g/mol. The van der Waals surface area contributed by atoms with E-state index >= 15 is 0 Å². The Morgan fingerprint density at radius 3 is 2.46 bits per heavy atom. The normalized spacial score (nSPS) is 18.5. The summed E-state index contributed by atoms with van der Waals surface area (Å²) in [6.07, 6.45) is 2.42. The van der Waals surface area contributed by atoms with Crippen LogP contribution in [0.15, 0.2) is 18.2 Å². The lowest BCUT2D eigenvalue weighted by atomic mass is 9.79. The van der Waals surface area contributed by atoms with E-state index in [2.05, 4.69) is 10.2 Å². The summed E-state index contributed by atoms with van der Waals surface area (Å²) in [5, 5.41) is 13.9. The zero-order chi connectivity index (χ0) is 19.3. The molecule has 0 amide bonds. The van der Waals surface area contributed by atoms with Crippen LogP contribution in [0.5, 0.6) is 0 Å². The Morgan fingerprint density at radius 2 is 1.92 bits per heavy atom. The first-order valence-corrected chi connectivity index (χ1v) is 9.62. The molecule has 0 saturated carbocycles. The molecule has 1 saturated heterocycles. The quantitative estimate of drug-likeness (QED) is 0.699. The Morgan fingerprint density at radius 1 is 1.27 bits per heavy atom. The molecule has 1 fully saturated rings. The van der Waals surface area contributed by atoms with Gasteiger partial charge in [0.25, 0.3) is 0 Å². The number of hydrogen-bond donors (Lipinski definition) is 2. The van der Waals surface area contributed by atoms with Gasteiger partial charge in [0.2, 0.25) is 0 Å². The maximum atomic E-state index is 12.0. The number of nitrogens with zero attached hydrogens (tertiary/aromatic N) is 1. The standard InChI is InChI=1S/C19H26Cl2N2O3/c1-13(24)12-22-15-5-8-23(9-6-15)10-7-19(2,18(25)26)14-3-4-16(20)17(21)11-14/h3-4,11,15,22H,5-10,12H2,1-2H3,(H,25,26). The number of rotatable bonds is 8. The summed E-state index contributed by atoms with van der Waals surface area (Å²) >= 11 is 12.0. The number of carbonyl (C=O) groups is 2. The van der Waals surface area contributed by atoms with Gasteiger partial charge in [-0.05, 0) is 70.4 Å². The second-order valence-corrected chi connectivity index (χ2v) is 8.03. The van der Waals surface area contributed by atoms with Crippen molar-refractivity contribution in [2.24, 2.45) is 0 Å². The molecule has 2 N–H and O–H groups in total.